The number of nitrogens with two attached hydrogens (primary N) is 1. The van der Waals surface area contributed by atoms with Gasteiger partial charge >= 0.3 is 6.98 Å². The molecule has 2 rings (SSSR count). The third-order valence-corrected chi connectivity index (χ3v) is 6.33. The largest absolute Gasteiger partial charge is 0.336 e. The lowest BCUT2D eigenvalue weighted by atomic mass is 9.70. The van der Waals surface area contributed by atoms with Crippen LogP contribution in [0.3, 0.4) is 0 Å². The van der Waals surface area contributed by atoms with Gasteiger partial charge in [-0.2, -0.15) is 23.2 Å². The van der Waals surface area contributed by atoms with Gasteiger partial charge in [-0.1, -0.05) is 0 Å². The highest BCUT2D eigenvalue weighted by molar-refractivity contribution is 8.57. The molecule has 1 atom stereocenters. The first-order chi connectivity index (χ1) is 6.72. The van der Waals surface area contributed by atoms with Gasteiger partial charge in [0.05, 0.1) is 0 Å². The lowest BCUT2D eigenvalue weighted by Gasteiger charge is -2.25. The summed E-state index contributed by atoms with van der Waals surface area (Å²) in [6, 6.07) is 0. The van der Waals surface area contributed by atoms with Crippen molar-refractivity contribution >= 4 is 35.5 Å². The molecule has 0 amide bonds. The minimum absolute atomic E-state index is 0.627. The number of hydrogen-bond acceptors (Lipinski definition) is 5. The SMILES string of the molecule is CN1CCN(C)B1[C@H]1CSB(CN)S1. The van der Waals surface area contributed by atoms with Crippen LogP contribution >= 0.6 is 23.2 Å². The van der Waals surface area contributed by atoms with E-state index >= 15 is 0 Å². The van der Waals surface area contributed by atoms with Gasteiger partial charge in [0.15, 0.2) is 0 Å². The van der Waals surface area contributed by atoms with Gasteiger partial charge in [0.1, 0.15) is 0 Å². The van der Waals surface area contributed by atoms with Gasteiger partial charge in [-0.15, -0.1) is 0 Å². The smallest absolute Gasteiger partial charge is 0.324 e. The van der Waals surface area contributed by atoms with Gasteiger partial charge in [0.25, 0.3) is 5.27 Å². The van der Waals surface area contributed by atoms with E-state index in [2.05, 4.69) is 35.3 Å². The van der Waals surface area contributed by atoms with Crippen LogP contribution in [0.2, 0.25) is 0 Å². The van der Waals surface area contributed by atoms with Crippen LogP contribution < -0.4 is 5.73 Å². The van der Waals surface area contributed by atoms with Crippen LogP contribution in [0.1, 0.15) is 0 Å². The molecule has 2 aliphatic rings. The summed E-state index contributed by atoms with van der Waals surface area (Å²) < 4.78 is 0. The Morgan fingerprint density at radius 2 is 2.00 bits per heavy atom. The Hall–Kier alpha value is 0.710. The van der Waals surface area contributed by atoms with Crippen molar-refractivity contribution in [3.8, 4) is 0 Å². The van der Waals surface area contributed by atoms with Crippen molar-refractivity contribution in [1.82, 2.24) is 9.62 Å². The summed E-state index contributed by atoms with van der Waals surface area (Å²) in [5, 5.41) is 1.37. The molecule has 0 saturated carbocycles. The highest BCUT2D eigenvalue weighted by atomic mass is 32.2. The van der Waals surface area contributed by atoms with Crippen LogP contribution in [0.4, 0.5) is 0 Å². The highest BCUT2D eigenvalue weighted by Gasteiger charge is 2.43. The standard InChI is InChI=1S/C7H17B2N3S2/c1-11-3-4-12(2)9(11)7-5-13-8(6-10)14-7/h7H,3-6,10H2,1-2H3/t7-/m1/s1. The van der Waals surface area contributed by atoms with Crippen molar-refractivity contribution in [2.24, 2.45) is 5.73 Å². The van der Waals surface area contributed by atoms with Crippen molar-refractivity contribution in [2.75, 3.05) is 39.4 Å². The Kier molecular flexibility index (Phi) is 3.76. The van der Waals surface area contributed by atoms with Crippen LogP contribution in [-0.2, 0) is 0 Å². The van der Waals surface area contributed by atoms with E-state index in [1.54, 1.807) is 0 Å². The zero-order valence-corrected chi connectivity index (χ0v) is 10.5. The molecule has 2 heterocycles. The summed E-state index contributed by atoms with van der Waals surface area (Å²) in [5.41, 5.74) is 5.70. The third-order valence-electron chi connectivity index (χ3n) is 3.01. The van der Waals surface area contributed by atoms with E-state index in [0.717, 1.165) is 11.6 Å². The van der Waals surface area contributed by atoms with Crippen molar-refractivity contribution in [1.29, 1.82) is 0 Å². The van der Waals surface area contributed by atoms with Gasteiger partial charge in [0, 0.05) is 18.2 Å². The first kappa shape index (κ1) is 11.2. The molecule has 2 aliphatic heterocycles. The predicted octanol–water partition coefficient (Wildman–Crippen LogP) is -0.274. The van der Waals surface area contributed by atoms with Crippen LogP contribution in [-0.4, -0.2) is 66.4 Å². The molecule has 0 radical (unpaired) electrons. The first-order valence-electron chi connectivity index (χ1n) is 5.10. The summed E-state index contributed by atoms with van der Waals surface area (Å²) in [6.07, 6.45) is 0.811. The third kappa shape index (κ3) is 2.11. The topological polar surface area (TPSA) is 32.5 Å². The Balaban J connectivity index is 1.95. The molecule has 0 aliphatic carbocycles. The maximum Gasteiger partial charge on any atom is 0.324 e. The lowest BCUT2D eigenvalue weighted by Crippen LogP contribution is -2.49. The molecular weight excluding hydrogens is 212 g/mol. The number of nitrogens with zero attached hydrogens (tertiary/aromatic N) is 2. The fourth-order valence-corrected chi connectivity index (χ4v) is 5.54. The molecule has 2 saturated heterocycles. The van der Waals surface area contributed by atoms with Crippen molar-refractivity contribution < 1.29 is 0 Å². The summed E-state index contributed by atoms with van der Waals surface area (Å²) in [5.74, 6) is 1.26. The maximum absolute atomic E-state index is 5.70. The Morgan fingerprint density at radius 3 is 2.50 bits per heavy atom. The fraction of sp³-hybridized carbons (Fsp3) is 1.00. The normalized spacial score (nSPS) is 30.6. The van der Waals surface area contributed by atoms with E-state index < -0.39 is 0 Å². The zero-order chi connectivity index (χ0) is 10.1. The lowest BCUT2D eigenvalue weighted by molar-refractivity contribution is 0.553. The number of likely N-dealkylation sites (N-methyl/N-ethyl adjacent to an activating group) is 2. The molecule has 2 fully saturated rings. The van der Waals surface area contributed by atoms with Crippen molar-refractivity contribution in [3.63, 3.8) is 0 Å². The van der Waals surface area contributed by atoms with Gasteiger partial charge in [0.2, 0.25) is 0 Å². The van der Waals surface area contributed by atoms with E-state index in [9.17, 15) is 0 Å². The van der Waals surface area contributed by atoms with Crippen molar-refractivity contribution in [3.05, 3.63) is 0 Å². The molecule has 78 valence electrons. The molecular formula is C7H17B2N3S2. The van der Waals surface area contributed by atoms with Crippen LogP contribution in [0.5, 0.6) is 0 Å². The van der Waals surface area contributed by atoms with Crippen LogP contribution in [0, 0.1) is 0 Å². The molecule has 0 spiro atoms. The van der Waals surface area contributed by atoms with E-state index in [0.29, 0.717) is 12.3 Å². The second kappa shape index (κ2) is 4.70. The van der Waals surface area contributed by atoms with E-state index in [4.69, 9.17) is 5.73 Å². The minimum Gasteiger partial charge on any atom is -0.336 e. The molecule has 0 bridgehead atoms. The van der Waals surface area contributed by atoms with E-state index in [1.807, 2.05) is 11.6 Å². The fourth-order valence-electron chi connectivity index (χ4n) is 2.24. The van der Waals surface area contributed by atoms with Gasteiger partial charge in [-0.3, -0.25) is 0 Å². The number of rotatable bonds is 2. The quantitative estimate of drug-likeness (QED) is 0.658. The van der Waals surface area contributed by atoms with E-state index in [1.165, 1.54) is 18.8 Å². The predicted molar refractivity (Wildman–Crippen MR) is 69.7 cm³/mol. The summed E-state index contributed by atoms with van der Waals surface area (Å²) in [7, 11) is 4.46. The van der Waals surface area contributed by atoms with E-state index in [-0.39, 0.29) is 0 Å². The van der Waals surface area contributed by atoms with Crippen molar-refractivity contribution in [2.45, 2.75) is 5.15 Å². The first-order valence-corrected chi connectivity index (χ1v) is 7.09. The molecule has 2 N–H and O–H groups in total. The molecule has 0 aromatic rings. The highest BCUT2D eigenvalue weighted by Crippen LogP contribution is 2.36. The van der Waals surface area contributed by atoms with Gasteiger partial charge in [-0.25, -0.2) is 0 Å². The second-order valence-electron chi connectivity index (χ2n) is 4.05. The maximum atomic E-state index is 5.70. The summed E-state index contributed by atoms with van der Waals surface area (Å²) >= 11 is 4.10. The molecule has 0 aromatic carbocycles. The molecule has 7 heteroatoms. The molecule has 3 nitrogen and oxygen atoms in total. The zero-order valence-electron chi connectivity index (χ0n) is 8.85. The number of hydrogen-bond donors (Lipinski definition) is 1. The Bertz CT molecular complexity index is 199. The van der Waals surface area contributed by atoms with Gasteiger partial charge < -0.3 is 15.4 Å². The molecule has 0 aromatic heterocycles. The summed E-state index contributed by atoms with van der Waals surface area (Å²) in [4.78, 5) is 4.94. The Morgan fingerprint density at radius 1 is 1.36 bits per heavy atom. The van der Waals surface area contributed by atoms with Gasteiger partial charge in [-0.05, 0) is 26.3 Å². The molecule has 14 heavy (non-hydrogen) atoms. The Labute approximate surface area is 95.5 Å². The van der Waals surface area contributed by atoms with Crippen LogP contribution in [0.15, 0.2) is 0 Å². The minimum atomic E-state index is 0.627. The summed E-state index contributed by atoms with van der Waals surface area (Å²) in [6.45, 7) is 3.04. The second-order valence-corrected chi connectivity index (χ2v) is 7.03. The monoisotopic (exact) mass is 229 g/mol. The molecule has 0 unspecified atom stereocenters. The average Bonchev–Trinajstić information content (AvgIpc) is 2.73. The van der Waals surface area contributed by atoms with Crippen LogP contribution in [0.25, 0.3) is 0 Å². The average molecular weight is 229 g/mol.